The van der Waals surface area contributed by atoms with Crippen LogP contribution in [0.5, 0.6) is 17.2 Å². The van der Waals surface area contributed by atoms with Crippen LogP contribution in [0.1, 0.15) is 117 Å². The minimum absolute atomic E-state index is 0.00972. The molecule has 2 aromatic rings. The number of hydrogen-bond acceptors (Lipinski definition) is 26. The van der Waals surface area contributed by atoms with Crippen molar-refractivity contribution in [1.82, 2.24) is 0 Å². The number of ether oxygens (including phenoxy) is 15. The number of methoxy groups -OCH3 is 3. The van der Waals surface area contributed by atoms with Crippen LogP contribution < -0.4 is 9.47 Å². The van der Waals surface area contributed by atoms with Crippen molar-refractivity contribution in [3.63, 3.8) is 0 Å². The fourth-order valence-corrected chi connectivity index (χ4v) is 12.5. The maximum absolute atomic E-state index is 15.2. The number of phenols is 1. The number of aliphatic hydroxyl groups excluding tert-OH is 5. The first-order valence-electron chi connectivity index (χ1n) is 29.1. The molecule has 0 aromatic heterocycles. The Morgan fingerprint density at radius 1 is 0.694 bits per heavy atom. The molecule has 6 aliphatic rings. The summed E-state index contributed by atoms with van der Waals surface area (Å²) < 4.78 is 90.6. The van der Waals surface area contributed by atoms with E-state index in [4.69, 9.17) is 71.1 Å². The number of benzene rings is 2. The highest BCUT2D eigenvalue weighted by atomic mass is 16.7. The van der Waals surface area contributed by atoms with Crippen molar-refractivity contribution in [1.29, 1.82) is 0 Å². The number of aliphatic hydroxyl groups is 6. The van der Waals surface area contributed by atoms with Crippen LogP contribution in [0.25, 0.3) is 10.8 Å². The minimum Gasteiger partial charge on any atom is -0.506 e. The zero-order valence-electron chi connectivity index (χ0n) is 50.3. The van der Waals surface area contributed by atoms with E-state index in [1.165, 1.54) is 48.2 Å². The first kappa shape index (κ1) is 66.6. The zero-order chi connectivity index (χ0) is 62.3. The quantitative estimate of drug-likeness (QED) is 0.0934. The van der Waals surface area contributed by atoms with Crippen molar-refractivity contribution in [3.05, 3.63) is 29.3 Å². The van der Waals surface area contributed by atoms with Crippen LogP contribution in [0.15, 0.2) is 18.2 Å². The van der Waals surface area contributed by atoms with Crippen molar-refractivity contribution >= 4 is 34.3 Å². The molecule has 0 saturated carbocycles. The standard InChI is InChI=1S/C59H86O26/c1-23(2)58(69)85-57-29(8)78-44(22-59(57,10)70)82-38-19-42(74-25(4)49(38)65)81-37-20-43(75-26(5)48(37)64)84-56-34(55(73-13)52(68)47(63)24(3)60)16-32-14-31-15-33(17-36(71-11)45(31)50(66)46(32)51(56)67)80-41-21-39(79-30(9)61)54(28(7)77-41)83-40-18-35(62)53(72-12)27(6)76-40/h14-15,17,23-29,34-35,37-44,47-49,53-57,60,62-66,70H,16,18-22H2,1-13H3. The van der Waals surface area contributed by atoms with E-state index in [2.05, 4.69) is 0 Å². The van der Waals surface area contributed by atoms with E-state index < -0.39 is 188 Å². The molecule has 25 unspecified atom stereocenters. The second-order valence-corrected chi connectivity index (χ2v) is 23.9. The van der Waals surface area contributed by atoms with Crippen LogP contribution in [0.2, 0.25) is 0 Å². The van der Waals surface area contributed by atoms with Crippen molar-refractivity contribution in [2.45, 2.75) is 255 Å². The highest BCUT2D eigenvalue weighted by Gasteiger charge is 2.53. The minimum atomic E-state index is -1.94. The first-order chi connectivity index (χ1) is 40.0. The lowest BCUT2D eigenvalue weighted by Crippen LogP contribution is -2.59. The number of carbonyl (C=O) groups is 4. The Hall–Kier alpha value is -4.30. The average molecular weight is 1210 g/mol. The van der Waals surface area contributed by atoms with E-state index in [1.807, 2.05) is 0 Å². The van der Waals surface area contributed by atoms with Gasteiger partial charge in [0.2, 0.25) is 6.29 Å². The molecule has 8 rings (SSSR count). The summed E-state index contributed by atoms with van der Waals surface area (Å²) in [7, 11) is 4.03. The molecule has 5 saturated heterocycles. The number of aromatic hydroxyl groups is 1. The van der Waals surface area contributed by atoms with Gasteiger partial charge in [-0.2, -0.15) is 0 Å². The fraction of sp³-hybridized carbons (Fsp3) is 0.763. The van der Waals surface area contributed by atoms with E-state index in [0.717, 1.165) is 0 Å². The Balaban J connectivity index is 1.02. The number of fused-ring (bicyclic) bond motifs is 2. The smallest absolute Gasteiger partial charge is 0.308 e. The summed E-state index contributed by atoms with van der Waals surface area (Å²) >= 11 is 0. The monoisotopic (exact) mass is 1210 g/mol. The topological polar surface area (TPSA) is 348 Å². The Kier molecular flexibility index (Phi) is 21.7. The summed E-state index contributed by atoms with van der Waals surface area (Å²) in [6.07, 6.45) is -25.2. The van der Waals surface area contributed by atoms with Crippen molar-refractivity contribution in [2.24, 2.45) is 11.8 Å². The number of rotatable bonds is 20. The molecule has 26 heteroatoms. The number of carbonyl (C=O) groups excluding carboxylic acids is 4. The summed E-state index contributed by atoms with van der Waals surface area (Å²) in [5.41, 5.74) is -1.50. The lowest BCUT2D eigenvalue weighted by molar-refractivity contribution is -0.334. The van der Waals surface area contributed by atoms with Crippen molar-refractivity contribution in [3.8, 4) is 17.2 Å². The van der Waals surface area contributed by atoms with Gasteiger partial charge in [0.1, 0.15) is 71.7 Å². The predicted molar refractivity (Wildman–Crippen MR) is 292 cm³/mol. The molecule has 0 bridgehead atoms. The summed E-state index contributed by atoms with van der Waals surface area (Å²) in [6, 6.07) is 4.66. The molecule has 0 radical (unpaired) electrons. The Labute approximate surface area is 493 Å². The average Bonchev–Trinajstić information content (AvgIpc) is 1.15. The summed E-state index contributed by atoms with van der Waals surface area (Å²) in [6.45, 7) is 15.6. The second kappa shape index (κ2) is 27.6. The lowest BCUT2D eigenvalue weighted by Gasteiger charge is -2.47. The zero-order valence-corrected chi connectivity index (χ0v) is 50.3. The SMILES string of the molecule is COc1cc(OC2CC(OC(C)=O)C(OC3CC(O)C(OC)C(C)O3)C(C)O2)cc2cc3c(c(O)c12)C(=O)C(OC1CC(OC2CC(OC4CC(C)(O)C(OC(=O)C(C)C)C(C)O4)C(O)C(C)O2)C(O)C(C)O1)C(C(OC)C(=O)C(O)C(C)O)C3. The third-order valence-corrected chi connectivity index (χ3v) is 16.9. The molecule has 85 heavy (non-hydrogen) atoms. The number of phenolic OH excluding ortho intramolecular Hbond substituents is 1. The predicted octanol–water partition coefficient (Wildman–Crippen LogP) is 2.18. The van der Waals surface area contributed by atoms with Gasteiger partial charge in [-0.05, 0) is 78.0 Å². The van der Waals surface area contributed by atoms with Crippen LogP contribution in [-0.4, -0.2) is 228 Å². The molecule has 5 fully saturated rings. The third kappa shape index (κ3) is 14.7. The Morgan fingerprint density at radius 3 is 1.82 bits per heavy atom. The van der Waals surface area contributed by atoms with Gasteiger partial charge in [-0.25, -0.2) is 0 Å². The van der Waals surface area contributed by atoms with Crippen LogP contribution in [0.4, 0.5) is 0 Å². The highest BCUT2D eigenvalue weighted by molar-refractivity contribution is 6.11. The van der Waals surface area contributed by atoms with E-state index in [0.29, 0.717) is 5.39 Å². The van der Waals surface area contributed by atoms with Crippen LogP contribution in [0.3, 0.4) is 0 Å². The Bertz CT molecular complexity index is 2640. The molecule has 1 aliphatic carbocycles. The van der Waals surface area contributed by atoms with Crippen LogP contribution >= 0.6 is 0 Å². The van der Waals surface area contributed by atoms with Crippen molar-refractivity contribution < 1.29 is 126 Å². The van der Waals surface area contributed by atoms with E-state index in [9.17, 15) is 50.1 Å². The third-order valence-electron chi connectivity index (χ3n) is 16.9. The molecule has 478 valence electrons. The van der Waals surface area contributed by atoms with E-state index in [-0.39, 0.29) is 66.5 Å². The molecule has 5 heterocycles. The maximum Gasteiger partial charge on any atom is 0.308 e. The number of esters is 2. The normalized spacial score (nSPS) is 39.1. The van der Waals surface area contributed by atoms with Gasteiger partial charge in [-0.1, -0.05) is 13.8 Å². The van der Waals surface area contributed by atoms with Gasteiger partial charge in [0.05, 0.1) is 78.9 Å². The van der Waals surface area contributed by atoms with Gasteiger partial charge in [0.15, 0.2) is 42.8 Å². The maximum atomic E-state index is 15.2. The summed E-state index contributed by atoms with van der Waals surface area (Å²) in [5.74, 6) is -4.79. The molecule has 26 nitrogen and oxygen atoms in total. The van der Waals surface area contributed by atoms with E-state index in [1.54, 1.807) is 60.6 Å². The number of ketones is 2. The van der Waals surface area contributed by atoms with Crippen LogP contribution in [-0.2, 0) is 82.4 Å². The lowest BCUT2D eigenvalue weighted by atomic mass is 9.75. The molecule has 0 spiro atoms. The molecule has 25 atom stereocenters. The molecule has 5 aliphatic heterocycles. The molecular formula is C59H86O26. The van der Waals surface area contributed by atoms with Gasteiger partial charge >= 0.3 is 11.9 Å². The van der Waals surface area contributed by atoms with Gasteiger partial charge in [-0.3, -0.25) is 19.2 Å². The molecule has 0 amide bonds. The largest absolute Gasteiger partial charge is 0.506 e. The number of hydrogen-bond donors (Lipinski definition) is 7. The van der Waals surface area contributed by atoms with Crippen molar-refractivity contribution in [2.75, 3.05) is 21.3 Å². The molecule has 2 aromatic carbocycles. The highest BCUT2D eigenvalue weighted by Crippen LogP contribution is 2.47. The fourth-order valence-electron chi connectivity index (χ4n) is 12.5. The molecule has 7 N–H and O–H groups in total. The van der Waals surface area contributed by atoms with Crippen LogP contribution in [0, 0.1) is 11.8 Å². The van der Waals surface area contributed by atoms with Gasteiger partial charge in [-0.15, -0.1) is 0 Å². The molecular weight excluding hydrogens is 1120 g/mol. The van der Waals surface area contributed by atoms with Gasteiger partial charge in [0, 0.05) is 65.2 Å². The second-order valence-electron chi connectivity index (χ2n) is 23.9. The van der Waals surface area contributed by atoms with Gasteiger partial charge < -0.3 is 107 Å². The Morgan fingerprint density at radius 2 is 1.26 bits per heavy atom. The summed E-state index contributed by atoms with van der Waals surface area (Å²) in [5, 5.41) is 78.9. The number of Topliss-reactive ketones (excluding diaryl/α,β-unsaturated/α-hetero) is 2. The summed E-state index contributed by atoms with van der Waals surface area (Å²) in [4.78, 5) is 54.1. The first-order valence-corrected chi connectivity index (χ1v) is 29.1. The van der Waals surface area contributed by atoms with E-state index >= 15 is 4.79 Å². The van der Waals surface area contributed by atoms with Gasteiger partial charge in [0.25, 0.3) is 0 Å².